The van der Waals surface area contributed by atoms with Crippen LogP contribution < -0.4 is 5.32 Å². The first-order valence-electron chi connectivity index (χ1n) is 16.2. The van der Waals surface area contributed by atoms with E-state index in [1.54, 1.807) is 0 Å². The van der Waals surface area contributed by atoms with Gasteiger partial charge in [-0.05, 0) is 12.8 Å². The molecule has 0 aliphatic rings. The molecule has 0 aromatic carbocycles. The van der Waals surface area contributed by atoms with Crippen LogP contribution in [-0.2, 0) is 14.9 Å². The van der Waals surface area contributed by atoms with Gasteiger partial charge in [0.1, 0.15) is 0 Å². The lowest BCUT2D eigenvalue weighted by Crippen LogP contribution is -2.47. The highest BCUT2D eigenvalue weighted by atomic mass is 32.2. The van der Waals surface area contributed by atoms with Crippen molar-refractivity contribution in [3.63, 3.8) is 0 Å². The number of rotatable bonds is 29. The van der Waals surface area contributed by atoms with Gasteiger partial charge in [0.2, 0.25) is 5.91 Å². The van der Waals surface area contributed by atoms with Crippen molar-refractivity contribution in [1.29, 1.82) is 0 Å². The van der Waals surface area contributed by atoms with Crippen LogP contribution in [0, 0.1) is 0 Å². The molecule has 0 aromatic rings. The average molecular weight is 562 g/mol. The first kappa shape index (κ1) is 37.3. The van der Waals surface area contributed by atoms with E-state index < -0.39 is 28.0 Å². The molecule has 3 N–H and O–H groups in total. The van der Waals surface area contributed by atoms with Gasteiger partial charge in [0, 0.05) is 6.42 Å². The van der Waals surface area contributed by atoms with Gasteiger partial charge in [0.15, 0.2) is 0 Å². The number of carbonyl (C=O) groups excluding carboxylic acids is 1. The molecule has 0 aliphatic heterocycles. The molecule has 0 bridgehead atoms. The summed E-state index contributed by atoms with van der Waals surface area (Å²) in [5.41, 5.74) is 0. The zero-order valence-electron chi connectivity index (χ0n) is 25.1. The Morgan fingerprint density at radius 3 is 1.32 bits per heavy atom. The largest absolute Gasteiger partial charge is 0.391 e. The van der Waals surface area contributed by atoms with Crippen LogP contribution in [-0.4, -0.2) is 41.9 Å². The molecule has 6 nitrogen and oxygen atoms in total. The van der Waals surface area contributed by atoms with Gasteiger partial charge in [-0.15, -0.1) is 0 Å². The molecule has 0 radical (unpaired) electrons. The monoisotopic (exact) mass is 561 g/mol. The molecule has 1 amide bonds. The third-order valence-corrected chi connectivity index (χ3v) is 8.34. The van der Waals surface area contributed by atoms with Crippen molar-refractivity contribution in [2.24, 2.45) is 0 Å². The Hall–Kier alpha value is -0.660. The minimum Gasteiger partial charge on any atom is -0.391 e. The van der Waals surface area contributed by atoms with Gasteiger partial charge in [-0.25, -0.2) is 0 Å². The maximum atomic E-state index is 12.4. The van der Waals surface area contributed by atoms with Crippen LogP contribution in [0.4, 0.5) is 0 Å². The summed E-state index contributed by atoms with van der Waals surface area (Å²) in [6, 6.07) is -0.960. The van der Waals surface area contributed by atoms with E-state index in [0.717, 1.165) is 38.5 Å². The number of hydrogen-bond donors (Lipinski definition) is 3. The predicted octanol–water partition coefficient (Wildman–Crippen LogP) is 8.51. The summed E-state index contributed by atoms with van der Waals surface area (Å²) < 4.78 is 32.2. The zero-order valence-corrected chi connectivity index (χ0v) is 25.9. The molecule has 0 heterocycles. The van der Waals surface area contributed by atoms with E-state index in [4.69, 9.17) is 0 Å². The Labute approximate surface area is 236 Å². The molecule has 38 heavy (non-hydrogen) atoms. The van der Waals surface area contributed by atoms with Crippen LogP contribution in [0.25, 0.3) is 0 Å². The average Bonchev–Trinajstić information content (AvgIpc) is 2.86. The second kappa shape index (κ2) is 26.6. The molecule has 2 unspecified atom stereocenters. The van der Waals surface area contributed by atoms with E-state index in [9.17, 15) is 22.9 Å². The van der Waals surface area contributed by atoms with Gasteiger partial charge < -0.3 is 10.4 Å². The second-order valence-corrected chi connectivity index (χ2v) is 13.0. The summed E-state index contributed by atoms with van der Waals surface area (Å²) in [5, 5.41) is 13.2. The van der Waals surface area contributed by atoms with Gasteiger partial charge in [-0.2, -0.15) is 8.42 Å². The highest BCUT2D eigenvalue weighted by Gasteiger charge is 2.26. The second-order valence-electron chi connectivity index (χ2n) is 11.5. The minimum absolute atomic E-state index is 0.247. The molecule has 228 valence electrons. The lowest BCUT2D eigenvalue weighted by atomic mass is 10.0. The van der Waals surface area contributed by atoms with Crippen LogP contribution in [0.3, 0.4) is 0 Å². The summed E-state index contributed by atoms with van der Waals surface area (Å²) in [6.07, 6.45) is 27.7. The quantitative estimate of drug-likeness (QED) is 0.0627. The van der Waals surface area contributed by atoms with Crippen molar-refractivity contribution in [3.05, 3.63) is 0 Å². The molecule has 0 aromatic heterocycles. The van der Waals surface area contributed by atoms with Gasteiger partial charge in [-0.3, -0.25) is 9.35 Å². The van der Waals surface area contributed by atoms with E-state index in [2.05, 4.69) is 19.2 Å². The van der Waals surface area contributed by atoms with Gasteiger partial charge >= 0.3 is 0 Å². The molecular formula is C31H63NO5S. The number of unbranched alkanes of at least 4 members (excludes halogenated alkanes) is 21. The maximum absolute atomic E-state index is 12.4. The van der Waals surface area contributed by atoms with Crippen molar-refractivity contribution in [2.45, 2.75) is 187 Å². The third kappa shape index (κ3) is 26.9. The highest BCUT2D eigenvalue weighted by molar-refractivity contribution is 7.85. The van der Waals surface area contributed by atoms with Crippen LogP contribution in [0.1, 0.15) is 174 Å². The zero-order chi connectivity index (χ0) is 28.3. The number of nitrogens with one attached hydrogen (secondary N) is 1. The van der Waals surface area contributed by atoms with E-state index in [1.165, 1.54) is 109 Å². The van der Waals surface area contributed by atoms with Crippen LogP contribution in [0.5, 0.6) is 0 Å². The third-order valence-electron chi connectivity index (χ3n) is 7.56. The summed E-state index contributed by atoms with van der Waals surface area (Å²) in [5.74, 6) is -0.889. The highest BCUT2D eigenvalue weighted by Crippen LogP contribution is 2.15. The SMILES string of the molecule is CCCCCCCCCCCCCCCCC(=O)NC(CS(=O)(=O)O)C(O)CCCCCCCCCCC. The Bertz CT molecular complexity index is 626. The van der Waals surface area contributed by atoms with Crippen molar-refractivity contribution in [1.82, 2.24) is 5.32 Å². The Morgan fingerprint density at radius 2 is 0.947 bits per heavy atom. The van der Waals surface area contributed by atoms with Crippen LogP contribution >= 0.6 is 0 Å². The van der Waals surface area contributed by atoms with E-state index in [0.29, 0.717) is 12.8 Å². The van der Waals surface area contributed by atoms with Crippen LogP contribution in [0.2, 0.25) is 0 Å². The van der Waals surface area contributed by atoms with Crippen molar-refractivity contribution in [2.75, 3.05) is 5.75 Å². The first-order valence-corrected chi connectivity index (χ1v) is 17.8. The molecule has 0 saturated carbocycles. The summed E-state index contributed by atoms with van der Waals surface area (Å²) in [4.78, 5) is 12.4. The van der Waals surface area contributed by atoms with Crippen molar-refractivity contribution in [3.8, 4) is 0 Å². The fourth-order valence-electron chi connectivity index (χ4n) is 5.10. The molecule has 0 saturated heterocycles. The Morgan fingerprint density at radius 1 is 0.605 bits per heavy atom. The van der Waals surface area contributed by atoms with Gasteiger partial charge in [0.25, 0.3) is 10.1 Å². The number of hydrogen-bond acceptors (Lipinski definition) is 4. The molecule has 0 fully saturated rings. The van der Waals surface area contributed by atoms with Crippen molar-refractivity contribution < 1.29 is 22.9 Å². The fourth-order valence-corrected chi connectivity index (χ4v) is 5.86. The Balaban J connectivity index is 3.93. The van der Waals surface area contributed by atoms with Crippen LogP contribution in [0.15, 0.2) is 0 Å². The molecular weight excluding hydrogens is 498 g/mol. The van der Waals surface area contributed by atoms with Gasteiger partial charge in [-0.1, -0.05) is 155 Å². The maximum Gasteiger partial charge on any atom is 0.266 e. The Kier molecular flexibility index (Phi) is 26.1. The van der Waals surface area contributed by atoms with E-state index in [1.807, 2.05) is 0 Å². The lowest BCUT2D eigenvalue weighted by Gasteiger charge is -2.23. The van der Waals surface area contributed by atoms with E-state index in [-0.39, 0.29) is 5.91 Å². The summed E-state index contributed by atoms with van der Waals surface area (Å²) >= 11 is 0. The number of aliphatic hydroxyl groups excluding tert-OH is 1. The number of carbonyl (C=O) groups is 1. The predicted molar refractivity (Wildman–Crippen MR) is 161 cm³/mol. The minimum atomic E-state index is -4.29. The fraction of sp³-hybridized carbons (Fsp3) is 0.968. The molecule has 0 aliphatic carbocycles. The normalized spacial score (nSPS) is 13.5. The lowest BCUT2D eigenvalue weighted by molar-refractivity contribution is -0.122. The topological polar surface area (TPSA) is 104 Å². The molecule has 0 spiro atoms. The summed E-state index contributed by atoms with van der Waals surface area (Å²) in [6.45, 7) is 4.47. The first-order chi connectivity index (χ1) is 18.3. The number of aliphatic hydroxyl groups is 1. The van der Waals surface area contributed by atoms with Gasteiger partial charge in [0.05, 0.1) is 17.9 Å². The van der Waals surface area contributed by atoms with E-state index >= 15 is 0 Å². The summed E-state index contributed by atoms with van der Waals surface area (Å²) in [7, 11) is -4.29. The van der Waals surface area contributed by atoms with Crippen molar-refractivity contribution >= 4 is 16.0 Å². The molecule has 2 atom stereocenters. The molecule has 0 rings (SSSR count). The molecule has 7 heteroatoms. The number of amides is 1. The smallest absolute Gasteiger partial charge is 0.266 e. The standard InChI is InChI=1S/C31H63NO5S/c1-3-5-7-9-11-13-14-15-16-17-19-21-23-25-27-31(34)32-29(28-38(35,36)37)30(33)26-24-22-20-18-12-10-8-6-4-2/h29-30,33H,3-28H2,1-2H3,(H,32,34)(H,35,36,37).